The lowest BCUT2D eigenvalue weighted by Gasteiger charge is -2.37. The molecule has 2 aromatic heterocycles. The zero-order valence-electron chi connectivity index (χ0n) is 16.3. The lowest BCUT2D eigenvalue weighted by molar-refractivity contribution is 0.145. The van der Waals surface area contributed by atoms with E-state index in [-0.39, 0.29) is 17.6 Å². The largest absolute Gasteiger partial charge is 0.393 e. The van der Waals surface area contributed by atoms with Gasteiger partial charge in [-0.2, -0.15) is 0 Å². The second kappa shape index (κ2) is 7.03. The molecule has 7 nitrogen and oxygen atoms in total. The molecule has 27 heavy (non-hydrogen) atoms. The Morgan fingerprint density at radius 2 is 1.96 bits per heavy atom. The van der Waals surface area contributed by atoms with E-state index >= 15 is 0 Å². The molecule has 2 aromatic rings. The average Bonchev–Trinajstić information content (AvgIpc) is 2.61. The highest BCUT2D eigenvalue weighted by atomic mass is 16.3. The van der Waals surface area contributed by atoms with Gasteiger partial charge >= 0.3 is 0 Å². The van der Waals surface area contributed by atoms with E-state index < -0.39 is 0 Å². The maximum Gasteiger partial charge on any atom is 0.225 e. The molecule has 1 atom stereocenters. The summed E-state index contributed by atoms with van der Waals surface area (Å²) < 4.78 is 0. The van der Waals surface area contributed by atoms with Crippen molar-refractivity contribution in [3.8, 4) is 0 Å². The Labute approximate surface area is 160 Å². The summed E-state index contributed by atoms with van der Waals surface area (Å²) in [5.74, 6) is 1.63. The van der Waals surface area contributed by atoms with Crippen LogP contribution in [-0.2, 0) is 6.42 Å². The van der Waals surface area contributed by atoms with Crippen molar-refractivity contribution in [1.82, 2.24) is 19.9 Å². The Hall–Kier alpha value is -2.28. The van der Waals surface area contributed by atoms with Crippen molar-refractivity contribution in [1.29, 1.82) is 0 Å². The molecule has 1 aliphatic heterocycles. The first-order chi connectivity index (χ1) is 12.9. The summed E-state index contributed by atoms with van der Waals surface area (Å²) in [6.45, 7) is 8.16. The highest BCUT2D eigenvalue weighted by Gasteiger charge is 2.34. The highest BCUT2D eigenvalue weighted by molar-refractivity contribution is 5.43. The third kappa shape index (κ3) is 4.03. The van der Waals surface area contributed by atoms with Gasteiger partial charge in [0.2, 0.25) is 5.95 Å². The van der Waals surface area contributed by atoms with Crippen LogP contribution in [0.3, 0.4) is 0 Å². The number of nitrogens with one attached hydrogen (secondary N) is 1. The van der Waals surface area contributed by atoms with Crippen molar-refractivity contribution in [3.05, 3.63) is 35.5 Å². The molecule has 0 spiro atoms. The molecule has 0 bridgehead atoms. The second-order valence-electron chi connectivity index (χ2n) is 8.58. The van der Waals surface area contributed by atoms with Crippen molar-refractivity contribution in [2.45, 2.75) is 58.6 Å². The average molecular weight is 368 g/mol. The van der Waals surface area contributed by atoms with Crippen LogP contribution in [0.1, 0.15) is 56.1 Å². The van der Waals surface area contributed by atoms with Crippen LogP contribution in [-0.4, -0.2) is 44.2 Å². The van der Waals surface area contributed by atoms with Crippen molar-refractivity contribution in [2.75, 3.05) is 23.3 Å². The van der Waals surface area contributed by atoms with Crippen LogP contribution >= 0.6 is 0 Å². The van der Waals surface area contributed by atoms with Gasteiger partial charge in [-0.15, -0.1) is 0 Å². The van der Waals surface area contributed by atoms with E-state index in [1.165, 1.54) is 0 Å². The number of aliphatic hydroxyl groups is 1. The van der Waals surface area contributed by atoms with Crippen LogP contribution in [0.15, 0.2) is 18.6 Å². The van der Waals surface area contributed by atoms with Crippen LogP contribution in [0.25, 0.3) is 0 Å². The van der Waals surface area contributed by atoms with Crippen LogP contribution in [0.5, 0.6) is 0 Å². The van der Waals surface area contributed by atoms with Crippen LogP contribution in [0.4, 0.5) is 11.8 Å². The molecule has 4 rings (SSSR count). The van der Waals surface area contributed by atoms with Crippen molar-refractivity contribution in [2.24, 2.45) is 5.41 Å². The van der Waals surface area contributed by atoms with Gasteiger partial charge in [0.05, 0.1) is 17.8 Å². The highest BCUT2D eigenvalue weighted by Crippen LogP contribution is 2.41. The first kappa shape index (κ1) is 18.1. The number of anilines is 2. The number of nitrogens with zero attached hydrogens (tertiary/aromatic N) is 5. The summed E-state index contributed by atoms with van der Waals surface area (Å²) in [7, 11) is 0. The van der Waals surface area contributed by atoms with Gasteiger partial charge in [-0.05, 0) is 38.0 Å². The van der Waals surface area contributed by atoms with Gasteiger partial charge in [0.15, 0.2) is 0 Å². The Morgan fingerprint density at radius 3 is 2.70 bits per heavy atom. The molecule has 2 N–H and O–H groups in total. The van der Waals surface area contributed by atoms with E-state index in [0.717, 1.165) is 67.5 Å². The molecular formula is C20H28N6O. The molecule has 144 valence electrons. The molecule has 1 unspecified atom stereocenters. The number of piperidine rings is 1. The molecule has 1 aliphatic carbocycles. The minimum absolute atomic E-state index is 0.135. The molecule has 0 radical (unpaired) electrons. The summed E-state index contributed by atoms with van der Waals surface area (Å²) >= 11 is 0. The fourth-order valence-electron chi connectivity index (χ4n) is 4.10. The summed E-state index contributed by atoms with van der Waals surface area (Å²) in [5, 5.41) is 13.3. The smallest absolute Gasteiger partial charge is 0.225 e. The number of rotatable bonds is 3. The maximum atomic E-state index is 9.74. The van der Waals surface area contributed by atoms with Gasteiger partial charge in [0, 0.05) is 36.6 Å². The Morgan fingerprint density at radius 1 is 1.19 bits per heavy atom. The summed E-state index contributed by atoms with van der Waals surface area (Å²) in [6, 6.07) is 2.10. The van der Waals surface area contributed by atoms with Gasteiger partial charge in [0.1, 0.15) is 12.1 Å². The number of aliphatic hydroxyl groups excluding tert-OH is 1. The minimum Gasteiger partial charge on any atom is -0.393 e. The van der Waals surface area contributed by atoms with E-state index in [1.54, 1.807) is 6.33 Å². The molecule has 0 saturated carbocycles. The number of hydrogen-bond donors (Lipinski definition) is 2. The van der Waals surface area contributed by atoms with E-state index in [4.69, 9.17) is 4.98 Å². The van der Waals surface area contributed by atoms with Gasteiger partial charge < -0.3 is 15.3 Å². The number of hydrogen-bond acceptors (Lipinski definition) is 7. The maximum absolute atomic E-state index is 9.74. The predicted octanol–water partition coefficient (Wildman–Crippen LogP) is 2.66. The van der Waals surface area contributed by atoms with Crippen molar-refractivity contribution >= 4 is 11.8 Å². The van der Waals surface area contributed by atoms with Crippen LogP contribution in [0, 0.1) is 12.3 Å². The zero-order valence-corrected chi connectivity index (χ0v) is 16.3. The van der Waals surface area contributed by atoms with Crippen molar-refractivity contribution < 1.29 is 5.11 Å². The summed E-state index contributed by atoms with van der Waals surface area (Å²) in [5.41, 5.74) is 3.37. The Bertz CT molecular complexity index is 816. The topological polar surface area (TPSA) is 87.1 Å². The number of fused-ring (bicyclic) bond motifs is 1. The predicted molar refractivity (Wildman–Crippen MR) is 105 cm³/mol. The van der Waals surface area contributed by atoms with E-state index in [9.17, 15) is 5.11 Å². The molecule has 2 aliphatic rings. The Kier molecular flexibility index (Phi) is 4.72. The van der Waals surface area contributed by atoms with Crippen LogP contribution < -0.4 is 10.2 Å². The van der Waals surface area contributed by atoms with E-state index in [2.05, 4.69) is 39.0 Å². The lowest BCUT2D eigenvalue weighted by atomic mass is 9.74. The minimum atomic E-state index is -0.192. The molecule has 1 fully saturated rings. The normalized spacial score (nSPS) is 22.4. The first-order valence-electron chi connectivity index (χ1n) is 9.74. The fraction of sp³-hybridized carbons (Fsp3) is 0.600. The molecule has 1 saturated heterocycles. The van der Waals surface area contributed by atoms with Crippen LogP contribution in [0.2, 0.25) is 0 Å². The third-order valence-electron chi connectivity index (χ3n) is 5.54. The molecule has 7 heteroatoms. The summed E-state index contributed by atoms with van der Waals surface area (Å²) in [6.07, 6.45) is 6.88. The summed E-state index contributed by atoms with van der Waals surface area (Å²) in [4.78, 5) is 20.3. The Balaban J connectivity index is 1.61. The number of aromatic nitrogens is 4. The quantitative estimate of drug-likeness (QED) is 0.861. The fourth-order valence-corrected chi connectivity index (χ4v) is 4.10. The SMILES string of the molecule is Cc1cc(NC2CC(C)(C)Cc3nc(N4CCC(O)CC4)ncc32)ncn1. The van der Waals surface area contributed by atoms with E-state index in [1.807, 2.05) is 19.2 Å². The molecule has 0 aromatic carbocycles. The van der Waals surface area contributed by atoms with Gasteiger partial charge in [0.25, 0.3) is 0 Å². The third-order valence-corrected chi connectivity index (χ3v) is 5.54. The van der Waals surface area contributed by atoms with Gasteiger partial charge in [-0.3, -0.25) is 0 Å². The van der Waals surface area contributed by atoms with Gasteiger partial charge in [-0.25, -0.2) is 19.9 Å². The first-order valence-corrected chi connectivity index (χ1v) is 9.74. The zero-order chi connectivity index (χ0) is 19.0. The standard InChI is InChI=1S/C20H28N6O/c1-13-8-18(23-12-22-13)24-16-9-20(2,3)10-17-15(16)11-21-19(25-17)26-6-4-14(27)5-7-26/h8,11-12,14,16,27H,4-7,9-10H2,1-3H3,(H,22,23,24). The van der Waals surface area contributed by atoms with E-state index in [0.29, 0.717) is 0 Å². The second-order valence-corrected chi connectivity index (χ2v) is 8.58. The lowest BCUT2D eigenvalue weighted by Crippen LogP contribution is -2.38. The van der Waals surface area contributed by atoms with Crippen molar-refractivity contribution in [3.63, 3.8) is 0 Å². The molecule has 0 amide bonds. The van der Waals surface area contributed by atoms with Gasteiger partial charge in [-0.1, -0.05) is 13.8 Å². The molecular weight excluding hydrogens is 340 g/mol. The molecule has 3 heterocycles. The number of aryl methyl sites for hydroxylation is 1. The monoisotopic (exact) mass is 368 g/mol.